The molecule has 1 aliphatic heterocycles. The Kier molecular flexibility index (Phi) is 10.4. The number of rotatable bonds is 12. The standard InChI is InChI=1S/C34H52N4O2/c1-3-15-37(29-11-13-31-27(25-29)7-5-9-33(31)39)23-21-35-17-19-36(20-18-35)22-24-38(16-4-2)30-12-14-32-28(26-30)8-6-10-34(32)40/h5-10,29-30,39-40H,3-4,11-26H2,1-2H3/t29-,30-/m0/s1. The van der Waals surface area contributed by atoms with E-state index in [1.165, 1.54) is 61.3 Å². The first-order valence-electron chi connectivity index (χ1n) is 16.1. The van der Waals surface area contributed by atoms with Crippen LogP contribution in [-0.2, 0) is 25.7 Å². The minimum absolute atomic E-state index is 0.484. The molecule has 2 aromatic carbocycles. The van der Waals surface area contributed by atoms with Gasteiger partial charge in [0.25, 0.3) is 0 Å². The summed E-state index contributed by atoms with van der Waals surface area (Å²) in [6.07, 6.45) is 8.82. The maximum atomic E-state index is 10.3. The average molecular weight is 549 g/mol. The molecule has 6 nitrogen and oxygen atoms in total. The van der Waals surface area contributed by atoms with Crippen molar-refractivity contribution in [3.63, 3.8) is 0 Å². The molecule has 0 bridgehead atoms. The summed E-state index contributed by atoms with van der Waals surface area (Å²) in [6, 6.07) is 13.3. The highest BCUT2D eigenvalue weighted by atomic mass is 16.3. The predicted octanol–water partition coefficient (Wildman–Crippen LogP) is 4.55. The summed E-state index contributed by atoms with van der Waals surface area (Å²) in [4.78, 5) is 10.8. The minimum Gasteiger partial charge on any atom is -0.508 e. The number of phenols is 2. The first-order valence-corrected chi connectivity index (χ1v) is 16.1. The van der Waals surface area contributed by atoms with Crippen molar-refractivity contribution in [1.29, 1.82) is 0 Å². The third-order valence-corrected chi connectivity index (χ3v) is 9.79. The topological polar surface area (TPSA) is 53.4 Å². The monoisotopic (exact) mass is 548 g/mol. The molecule has 0 radical (unpaired) electrons. The lowest BCUT2D eigenvalue weighted by atomic mass is 9.86. The highest BCUT2D eigenvalue weighted by molar-refractivity contribution is 5.42. The number of fused-ring (bicyclic) bond motifs is 2. The Balaban J connectivity index is 1.06. The molecule has 1 saturated heterocycles. The van der Waals surface area contributed by atoms with Gasteiger partial charge < -0.3 is 10.2 Å². The van der Waals surface area contributed by atoms with Crippen molar-refractivity contribution < 1.29 is 10.2 Å². The molecule has 2 aromatic rings. The van der Waals surface area contributed by atoms with E-state index < -0.39 is 0 Å². The fourth-order valence-electron chi connectivity index (χ4n) is 7.46. The van der Waals surface area contributed by atoms with Crippen LogP contribution in [0.3, 0.4) is 0 Å². The number of hydrogen-bond acceptors (Lipinski definition) is 6. The van der Waals surface area contributed by atoms with Crippen molar-refractivity contribution >= 4 is 0 Å². The molecule has 0 saturated carbocycles. The van der Waals surface area contributed by atoms with Crippen molar-refractivity contribution in [2.45, 2.75) is 77.3 Å². The Morgan fingerprint density at radius 2 is 1.07 bits per heavy atom. The summed E-state index contributed by atoms with van der Waals surface area (Å²) < 4.78 is 0. The second-order valence-corrected chi connectivity index (χ2v) is 12.4. The Morgan fingerprint density at radius 3 is 1.48 bits per heavy atom. The normalized spacial score (nSPS) is 22.0. The Morgan fingerprint density at radius 1 is 0.650 bits per heavy atom. The second-order valence-electron chi connectivity index (χ2n) is 12.4. The zero-order chi connectivity index (χ0) is 27.9. The maximum Gasteiger partial charge on any atom is 0.119 e. The second kappa shape index (κ2) is 14.2. The van der Waals surface area contributed by atoms with Crippen LogP contribution in [0.25, 0.3) is 0 Å². The van der Waals surface area contributed by atoms with Gasteiger partial charge in [-0.15, -0.1) is 0 Å². The van der Waals surface area contributed by atoms with Crippen molar-refractivity contribution in [3.8, 4) is 11.5 Å². The van der Waals surface area contributed by atoms with Crippen LogP contribution in [0.4, 0.5) is 0 Å². The smallest absolute Gasteiger partial charge is 0.119 e. The van der Waals surface area contributed by atoms with Crippen LogP contribution in [-0.4, -0.2) is 107 Å². The van der Waals surface area contributed by atoms with Crippen LogP contribution in [0.15, 0.2) is 36.4 Å². The Bertz CT molecular complexity index is 998. The molecule has 0 unspecified atom stereocenters. The average Bonchev–Trinajstić information content (AvgIpc) is 2.98. The van der Waals surface area contributed by atoms with E-state index >= 15 is 0 Å². The molecule has 2 N–H and O–H groups in total. The summed E-state index contributed by atoms with van der Waals surface area (Å²) in [6.45, 7) is 16.2. The molecule has 3 aliphatic rings. The fourth-order valence-corrected chi connectivity index (χ4v) is 7.46. The van der Waals surface area contributed by atoms with Gasteiger partial charge >= 0.3 is 0 Å². The number of nitrogens with zero attached hydrogens (tertiary/aromatic N) is 4. The quantitative estimate of drug-likeness (QED) is 0.406. The van der Waals surface area contributed by atoms with Gasteiger partial charge in [0.15, 0.2) is 0 Å². The van der Waals surface area contributed by atoms with Gasteiger partial charge in [0, 0.05) is 64.4 Å². The van der Waals surface area contributed by atoms with Crippen molar-refractivity contribution in [1.82, 2.24) is 19.6 Å². The maximum absolute atomic E-state index is 10.3. The molecule has 40 heavy (non-hydrogen) atoms. The fraction of sp³-hybridized carbons (Fsp3) is 0.647. The summed E-state index contributed by atoms with van der Waals surface area (Å²) >= 11 is 0. The van der Waals surface area contributed by atoms with Crippen LogP contribution < -0.4 is 0 Å². The molecule has 1 fully saturated rings. The molecule has 2 atom stereocenters. The van der Waals surface area contributed by atoms with Gasteiger partial charge in [0.1, 0.15) is 11.5 Å². The number of phenolic OH excluding ortho intramolecular Hbond substituents is 2. The van der Waals surface area contributed by atoms with Gasteiger partial charge in [-0.1, -0.05) is 38.1 Å². The van der Waals surface area contributed by atoms with Crippen molar-refractivity contribution in [2.24, 2.45) is 0 Å². The van der Waals surface area contributed by atoms with Crippen LogP contribution in [0, 0.1) is 0 Å². The number of benzene rings is 2. The molecule has 0 aromatic heterocycles. The van der Waals surface area contributed by atoms with Gasteiger partial charge in [-0.3, -0.25) is 19.6 Å². The van der Waals surface area contributed by atoms with Crippen LogP contribution >= 0.6 is 0 Å². The summed E-state index contributed by atoms with van der Waals surface area (Å²) in [5, 5.41) is 20.5. The van der Waals surface area contributed by atoms with E-state index in [1.54, 1.807) is 0 Å². The molecule has 2 aliphatic carbocycles. The molecule has 220 valence electrons. The van der Waals surface area contributed by atoms with Crippen LogP contribution in [0.2, 0.25) is 0 Å². The highest BCUT2D eigenvalue weighted by Gasteiger charge is 2.28. The lowest BCUT2D eigenvalue weighted by Gasteiger charge is -2.40. The molecular formula is C34H52N4O2. The van der Waals surface area contributed by atoms with Gasteiger partial charge in [0.05, 0.1) is 0 Å². The summed E-state index contributed by atoms with van der Waals surface area (Å²) in [5.74, 6) is 0.969. The van der Waals surface area contributed by atoms with E-state index in [-0.39, 0.29) is 0 Å². The molecule has 5 rings (SSSR count). The Hall–Kier alpha value is -2.12. The SMILES string of the molecule is CCCN(CCN1CCN(CCN(CCC)[C@H]2CCc3c(O)cccc3C2)CC1)[C@H]1CCc2c(O)cccc2C1. The first kappa shape index (κ1) is 29.4. The molecule has 0 amide bonds. The molecule has 6 heteroatoms. The predicted molar refractivity (Wildman–Crippen MR) is 164 cm³/mol. The third-order valence-electron chi connectivity index (χ3n) is 9.79. The lowest BCUT2D eigenvalue weighted by Crippen LogP contribution is -2.52. The van der Waals surface area contributed by atoms with E-state index in [9.17, 15) is 10.2 Å². The number of hydrogen-bond donors (Lipinski definition) is 2. The zero-order valence-corrected chi connectivity index (χ0v) is 25.0. The van der Waals surface area contributed by atoms with E-state index in [0.29, 0.717) is 23.6 Å². The van der Waals surface area contributed by atoms with Gasteiger partial charge in [-0.2, -0.15) is 0 Å². The number of aromatic hydroxyl groups is 2. The first-order chi connectivity index (χ1) is 19.6. The highest BCUT2D eigenvalue weighted by Crippen LogP contribution is 2.32. The van der Waals surface area contributed by atoms with E-state index in [2.05, 4.69) is 45.6 Å². The lowest BCUT2D eigenvalue weighted by molar-refractivity contribution is 0.0887. The van der Waals surface area contributed by atoms with E-state index in [4.69, 9.17) is 0 Å². The molecule has 0 spiro atoms. The summed E-state index contributed by atoms with van der Waals surface area (Å²) in [7, 11) is 0. The third kappa shape index (κ3) is 7.20. The zero-order valence-electron chi connectivity index (χ0n) is 25.0. The number of piperazine rings is 1. The van der Waals surface area contributed by atoms with Gasteiger partial charge in [0.2, 0.25) is 0 Å². The van der Waals surface area contributed by atoms with Crippen molar-refractivity contribution in [3.05, 3.63) is 58.7 Å². The molecular weight excluding hydrogens is 496 g/mol. The largest absolute Gasteiger partial charge is 0.508 e. The van der Waals surface area contributed by atoms with E-state index in [0.717, 1.165) is 77.8 Å². The van der Waals surface area contributed by atoms with Gasteiger partial charge in [-0.25, -0.2) is 0 Å². The van der Waals surface area contributed by atoms with Crippen molar-refractivity contribution in [2.75, 3.05) is 65.4 Å². The minimum atomic E-state index is 0.484. The van der Waals surface area contributed by atoms with E-state index in [1.807, 2.05) is 24.3 Å². The van der Waals surface area contributed by atoms with Crippen LogP contribution in [0.1, 0.15) is 61.8 Å². The van der Waals surface area contributed by atoms with Crippen LogP contribution in [0.5, 0.6) is 11.5 Å². The molecule has 1 heterocycles. The summed E-state index contributed by atoms with van der Waals surface area (Å²) in [5.41, 5.74) is 5.05. The Labute approximate surface area is 242 Å². The van der Waals surface area contributed by atoms with Gasteiger partial charge in [-0.05, 0) is 98.8 Å².